The maximum absolute atomic E-state index is 8.93. The lowest BCUT2D eigenvalue weighted by atomic mass is 9.91. The van der Waals surface area contributed by atoms with Gasteiger partial charge < -0.3 is 5.32 Å². The molecule has 0 spiro atoms. The van der Waals surface area contributed by atoms with Crippen LogP contribution in [-0.2, 0) is 0 Å². The van der Waals surface area contributed by atoms with Crippen molar-refractivity contribution in [1.29, 1.82) is 5.26 Å². The summed E-state index contributed by atoms with van der Waals surface area (Å²) in [4.78, 5) is 0. The molecule has 0 aliphatic heterocycles. The molecule has 1 aromatic rings. The quantitative estimate of drug-likeness (QED) is 0.840. The maximum Gasteiger partial charge on any atom is 0.0684 e. The molecule has 2 nitrogen and oxygen atoms in total. The molecule has 1 N–H and O–H groups in total. The third kappa shape index (κ3) is 3.31. The van der Waals surface area contributed by atoms with Crippen LogP contribution in [0.3, 0.4) is 0 Å². The average molecular weight is 228 g/mol. The fourth-order valence-electron chi connectivity index (χ4n) is 2.12. The van der Waals surface area contributed by atoms with E-state index in [9.17, 15) is 0 Å². The second-order valence-electron chi connectivity index (χ2n) is 5.56. The van der Waals surface area contributed by atoms with Crippen LogP contribution in [0.25, 0.3) is 0 Å². The standard InChI is InChI=1S/C15H20N2/c1-15(2,11-16)8-9-17-14-10-13(14)12-6-4-3-5-7-12/h3-7,13-14,17H,8-10H2,1-2H3. The molecule has 1 saturated carbocycles. The summed E-state index contributed by atoms with van der Waals surface area (Å²) in [5.41, 5.74) is 1.23. The number of hydrogen-bond acceptors (Lipinski definition) is 2. The molecular weight excluding hydrogens is 208 g/mol. The van der Waals surface area contributed by atoms with Crippen LogP contribution in [0.15, 0.2) is 30.3 Å². The van der Waals surface area contributed by atoms with E-state index in [0.29, 0.717) is 12.0 Å². The van der Waals surface area contributed by atoms with Crippen LogP contribution in [0.5, 0.6) is 0 Å². The summed E-state index contributed by atoms with van der Waals surface area (Å²) < 4.78 is 0. The molecule has 2 rings (SSSR count). The lowest BCUT2D eigenvalue weighted by molar-refractivity contribution is 0.431. The Balaban J connectivity index is 1.73. The molecule has 1 aromatic carbocycles. The van der Waals surface area contributed by atoms with Gasteiger partial charge in [0.25, 0.3) is 0 Å². The molecule has 0 bridgehead atoms. The summed E-state index contributed by atoms with van der Waals surface area (Å²) in [5.74, 6) is 0.682. The van der Waals surface area contributed by atoms with Gasteiger partial charge in [-0.15, -0.1) is 0 Å². The molecule has 1 aliphatic carbocycles. The fraction of sp³-hybridized carbons (Fsp3) is 0.533. The zero-order chi connectivity index (χ0) is 12.3. The Labute approximate surface area is 104 Å². The SMILES string of the molecule is CC(C)(C#N)CCNC1CC1c1ccccc1. The zero-order valence-electron chi connectivity index (χ0n) is 10.6. The maximum atomic E-state index is 8.93. The second-order valence-corrected chi connectivity index (χ2v) is 5.56. The topological polar surface area (TPSA) is 35.8 Å². The normalized spacial score (nSPS) is 23.1. The van der Waals surface area contributed by atoms with Crippen molar-refractivity contribution >= 4 is 0 Å². The lowest BCUT2D eigenvalue weighted by Crippen LogP contribution is -2.24. The highest BCUT2D eigenvalue weighted by atomic mass is 15.0. The van der Waals surface area contributed by atoms with E-state index in [0.717, 1.165) is 13.0 Å². The molecular formula is C15H20N2. The van der Waals surface area contributed by atoms with E-state index in [4.69, 9.17) is 5.26 Å². The third-order valence-electron chi connectivity index (χ3n) is 3.48. The molecule has 1 fully saturated rings. The van der Waals surface area contributed by atoms with Crippen LogP contribution >= 0.6 is 0 Å². The van der Waals surface area contributed by atoms with Gasteiger partial charge in [0.15, 0.2) is 0 Å². The minimum atomic E-state index is -0.204. The first kappa shape index (κ1) is 12.1. The number of benzene rings is 1. The predicted molar refractivity (Wildman–Crippen MR) is 69.6 cm³/mol. The van der Waals surface area contributed by atoms with Gasteiger partial charge >= 0.3 is 0 Å². The highest BCUT2D eigenvalue weighted by molar-refractivity contribution is 5.27. The summed E-state index contributed by atoms with van der Waals surface area (Å²) in [6, 6.07) is 13.6. The second kappa shape index (κ2) is 4.89. The van der Waals surface area contributed by atoms with Crippen LogP contribution in [0.4, 0.5) is 0 Å². The van der Waals surface area contributed by atoms with Gasteiger partial charge in [-0.05, 0) is 38.8 Å². The predicted octanol–water partition coefficient (Wildman–Crippen LogP) is 3.07. The van der Waals surface area contributed by atoms with E-state index in [1.165, 1.54) is 12.0 Å². The average Bonchev–Trinajstić information content (AvgIpc) is 3.10. The minimum Gasteiger partial charge on any atom is -0.313 e. The Morgan fingerprint density at radius 1 is 1.35 bits per heavy atom. The molecule has 0 amide bonds. The first-order chi connectivity index (χ1) is 8.12. The van der Waals surface area contributed by atoms with E-state index >= 15 is 0 Å². The number of nitriles is 1. The van der Waals surface area contributed by atoms with Crippen molar-refractivity contribution in [1.82, 2.24) is 5.32 Å². The fourth-order valence-corrected chi connectivity index (χ4v) is 2.12. The molecule has 2 atom stereocenters. The highest BCUT2D eigenvalue weighted by Gasteiger charge is 2.37. The molecule has 17 heavy (non-hydrogen) atoms. The summed E-state index contributed by atoms with van der Waals surface area (Å²) in [5, 5.41) is 12.5. The molecule has 0 saturated heterocycles. The molecule has 2 unspecified atom stereocenters. The summed E-state index contributed by atoms with van der Waals surface area (Å²) in [7, 11) is 0. The van der Waals surface area contributed by atoms with Crippen molar-refractivity contribution in [3.05, 3.63) is 35.9 Å². The molecule has 0 radical (unpaired) electrons. The van der Waals surface area contributed by atoms with Crippen molar-refractivity contribution in [2.24, 2.45) is 5.41 Å². The summed E-state index contributed by atoms with van der Waals surface area (Å²) in [6.45, 7) is 4.93. The third-order valence-corrected chi connectivity index (χ3v) is 3.48. The Hall–Kier alpha value is -1.33. The van der Waals surface area contributed by atoms with Crippen LogP contribution in [-0.4, -0.2) is 12.6 Å². The van der Waals surface area contributed by atoms with Crippen LogP contribution in [0, 0.1) is 16.7 Å². The number of nitrogens with zero attached hydrogens (tertiary/aromatic N) is 1. The van der Waals surface area contributed by atoms with Crippen molar-refractivity contribution < 1.29 is 0 Å². The van der Waals surface area contributed by atoms with Crippen LogP contribution < -0.4 is 5.32 Å². The molecule has 0 aromatic heterocycles. The molecule has 2 heteroatoms. The van der Waals surface area contributed by atoms with E-state index in [1.807, 2.05) is 13.8 Å². The van der Waals surface area contributed by atoms with Gasteiger partial charge in [-0.25, -0.2) is 0 Å². The number of hydrogen-bond donors (Lipinski definition) is 1. The minimum absolute atomic E-state index is 0.204. The largest absolute Gasteiger partial charge is 0.313 e. The summed E-state index contributed by atoms with van der Waals surface area (Å²) >= 11 is 0. The van der Waals surface area contributed by atoms with Crippen molar-refractivity contribution in [2.75, 3.05) is 6.54 Å². The van der Waals surface area contributed by atoms with Crippen molar-refractivity contribution in [3.8, 4) is 6.07 Å². The highest BCUT2D eigenvalue weighted by Crippen LogP contribution is 2.40. The Bertz CT molecular complexity index is 403. The van der Waals surface area contributed by atoms with E-state index in [2.05, 4.69) is 41.7 Å². The van der Waals surface area contributed by atoms with E-state index in [1.54, 1.807) is 0 Å². The van der Waals surface area contributed by atoms with E-state index in [-0.39, 0.29) is 5.41 Å². The Morgan fingerprint density at radius 2 is 2.06 bits per heavy atom. The zero-order valence-corrected chi connectivity index (χ0v) is 10.6. The Morgan fingerprint density at radius 3 is 2.71 bits per heavy atom. The molecule has 1 aliphatic rings. The first-order valence-electron chi connectivity index (χ1n) is 6.32. The molecule has 90 valence electrons. The molecule has 0 heterocycles. The Kier molecular flexibility index (Phi) is 3.49. The van der Waals surface area contributed by atoms with Gasteiger partial charge in [-0.3, -0.25) is 0 Å². The van der Waals surface area contributed by atoms with Crippen molar-refractivity contribution in [2.45, 2.75) is 38.6 Å². The first-order valence-corrected chi connectivity index (χ1v) is 6.32. The lowest BCUT2D eigenvalue weighted by Gasteiger charge is -2.15. The van der Waals surface area contributed by atoms with Gasteiger partial charge in [0, 0.05) is 12.0 Å². The van der Waals surface area contributed by atoms with Gasteiger partial charge in [0.05, 0.1) is 11.5 Å². The van der Waals surface area contributed by atoms with Crippen LogP contribution in [0.2, 0.25) is 0 Å². The summed E-state index contributed by atoms with van der Waals surface area (Å²) in [6.07, 6.45) is 2.15. The van der Waals surface area contributed by atoms with Crippen molar-refractivity contribution in [3.63, 3.8) is 0 Å². The van der Waals surface area contributed by atoms with E-state index < -0.39 is 0 Å². The van der Waals surface area contributed by atoms with Crippen LogP contribution in [0.1, 0.15) is 38.2 Å². The van der Waals surface area contributed by atoms with Gasteiger partial charge in [0.1, 0.15) is 0 Å². The number of nitrogens with one attached hydrogen (secondary N) is 1. The van der Waals surface area contributed by atoms with Gasteiger partial charge in [-0.2, -0.15) is 5.26 Å². The van der Waals surface area contributed by atoms with Gasteiger partial charge in [-0.1, -0.05) is 30.3 Å². The number of rotatable bonds is 5. The van der Waals surface area contributed by atoms with Gasteiger partial charge in [0.2, 0.25) is 0 Å². The monoisotopic (exact) mass is 228 g/mol. The smallest absolute Gasteiger partial charge is 0.0684 e.